The summed E-state index contributed by atoms with van der Waals surface area (Å²) in [6.45, 7) is 5.56. The minimum Gasteiger partial charge on any atom is -0.444 e. The summed E-state index contributed by atoms with van der Waals surface area (Å²) in [6, 6.07) is 0.412. The molecule has 1 aromatic heterocycles. The first kappa shape index (κ1) is 14.8. The van der Waals surface area contributed by atoms with E-state index >= 15 is 0 Å². The van der Waals surface area contributed by atoms with Gasteiger partial charge in [-0.25, -0.2) is 4.79 Å². The van der Waals surface area contributed by atoms with Crippen molar-refractivity contribution in [2.45, 2.75) is 57.7 Å². The Balaban J connectivity index is 1.76. The van der Waals surface area contributed by atoms with Crippen LogP contribution in [0.1, 0.15) is 40.0 Å². The second-order valence-corrected chi connectivity index (χ2v) is 6.95. The summed E-state index contributed by atoms with van der Waals surface area (Å²) in [7, 11) is 0. The Morgan fingerprint density at radius 2 is 2.05 bits per heavy atom. The van der Waals surface area contributed by atoms with Gasteiger partial charge in [0.15, 0.2) is 0 Å². The first-order valence-electron chi connectivity index (χ1n) is 6.67. The zero-order chi connectivity index (χ0) is 14.8. The van der Waals surface area contributed by atoms with E-state index in [1.54, 1.807) is 0 Å². The van der Waals surface area contributed by atoms with Crippen LogP contribution in [-0.2, 0) is 4.74 Å². The number of ether oxygens (including phenoxy) is 1. The maximum atomic E-state index is 11.7. The van der Waals surface area contributed by atoms with Crippen LogP contribution in [0, 0.1) is 0 Å². The molecule has 1 aromatic rings. The molecule has 20 heavy (non-hydrogen) atoms. The minimum atomic E-state index is -0.468. The summed E-state index contributed by atoms with van der Waals surface area (Å²) in [5.74, 6) is 0. The molecule has 7 nitrogen and oxygen atoms in total. The van der Waals surface area contributed by atoms with Gasteiger partial charge in [0.25, 0.3) is 0 Å². The number of nitrogen functional groups attached to an aromatic ring is 1. The van der Waals surface area contributed by atoms with Gasteiger partial charge in [-0.3, -0.25) is 0 Å². The molecule has 0 bridgehead atoms. The van der Waals surface area contributed by atoms with Gasteiger partial charge in [-0.15, -0.1) is 10.2 Å². The molecule has 112 valence electrons. The van der Waals surface area contributed by atoms with Crippen LogP contribution in [-0.4, -0.2) is 34.0 Å². The van der Waals surface area contributed by atoms with E-state index in [0.717, 1.165) is 24.4 Å². The number of nitrogens with one attached hydrogen (secondary N) is 2. The Morgan fingerprint density at radius 3 is 2.65 bits per heavy atom. The molecule has 1 aliphatic rings. The summed E-state index contributed by atoms with van der Waals surface area (Å²) < 4.78 is 5.25. The second-order valence-electron chi connectivity index (χ2n) is 5.94. The van der Waals surface area contributed by atoms with Gasteiger partial charge in [0, 0.05) is 12.1 Å². The fourth-order valence-electron chi connectivity index (χ4n) is 2.19. The third kappa shape index (κ3) is 4.52. The highest BCUT2D eigenvalue weighted by Crippen LogP contribution is 2.25. The Labute approximate surface area is 122 Å². The quantitative estimate of drug-likeness (QED) is 0.788. The maximum absolute atomic E-state index is 11.7. The van der Waals surface area contributed by atoms with Gasteiger partial charge in [-0.1, -0.05) is 11.3 Å². The fraction of sp³-hybridized carbons (Fsp3) is 0.750. The summed E-state index contributed by atoms with van der Waals surface area (Å²) >= 11 is 1.33. The molecule has 1 aliphatic carbocycles. The second kappa shape index (κ2) is 5.82. The van der Waals surface area contributed by atoms with Gasteiger partial charge in [-0.05, 0) is 40.0 Å². The molecule has 8 heteroatoms. The number of hydrogen-bond acceptors (Lipinski definition) is 7. The van der Waals surface area contributed by atoms with Gasteiger partial charge < -0.3 is 21.1 Å². The number of amides is 1. The highest BCUT2D eigenvalue weighted by atomic mass is 32.1. The Hall–Kier alpha value is -1.57. The predicted octanol–water partition coefficient (Wildman–Crippen LogP) is 1.98. The number of nitrogens with two attached hydrogens (primary N) is 1. The SMILES string of the molecule is CC(C)(C)OC(=O)N[C@@H]1CCC(Nc2nnc(N)s2)C1. The molecule has 1 unspecified atom stereocenters. The maximum Gasteiger partial charge on any atom is 0.407 e. The molecular weight excluding hydrogens is 278 g/mol. The highest BCUT2D eigenvalue weighted by molar-refractivity contribution is 7.18. The lowest BCUT2D eigenvalue weighted by Gasteiger charge is -2.21. The number of anilines is 2. The van der Waals surface area contributed by atoms with Crippen LogP contribution in [0.15, 0.2) is 0 Å². The number of rotatable bonds is 3. The number of aromatic nitrogens is 2. The number of carbonyl (C=O) groups is 1. The van der Waals surface area contributed by atoms with Crippen molar-refractivity contribution >= 4 is 27.7 Å². The van der Waals surface area contributed by atoms with Crippen LogP contribution in [0.5, 0.6) is 0 Å². The van der Waals surface area contributed by atoms with Crippen LogP contribution >= 0.6 is 11.3 Å². The van der Waals surface area contributed by atoms with Crippen LogP contribution < -0.4 is 16.4 Å². The summed E-state index contributed by atoms with van der Waals surface area (Å²) in [5, 5.41) is 15.1. The van der Waals surface area contributed by atoms with Crippen molar-refractivity contribution in [1.29, 1.82) is 0 Å². The van der Waals surface area contributed by atoms with Crippen LogP contribution in [0.2, 0.25) is 0 Å². The van der Waals surface area contributed by atoms with Gasteiger partial charge in [-0.2, -0.15) is 0 Å². The van der Waals surface area contributed by atoms with E-state index in [2.05, 4.69) is 20.8 Å². The third-order valence-corrected chi connectivity index (χ3v) is 3.61. The molecular formula is C12H21N5O2S. The van der Waals surface area contributed by atoms with E-state index in [-0.39, 0.29) is 18.2 Å². The fourth-order valence-corrected chi connectivity index (χ4v) is 2.77. The largest absolute Gasteiger partial charge is 0.444 e. The molecule has 0 radical (unpaired) electrons. The number of carbonyl (C=O) groups excluding carboxylic acids is 1. The monoisotopic (exact) mass is 299 g/mol. The number of hydrogen-bond donors (Lipinski definition) is 3. The van der Waals surface area contributed by atoms with Crippen molar-refractivity contribution in [3.8, 4) is 0 Å². The molecule has 0 saturated heterocycles. The summed E-state index contributed by atoms with van der Waals surface area (Å²) in [6.07, 6.45) is 2.38. The molecule has 0 aliphatic heterocycles. The van der Waals surface area contributed by atoms with Crippen LogP contribution in [0.3, 0.4) is 0 Å². The minimum absolute atomic E-state index is 0.132. The van der Waals surface area contributed by atoms with E-state index in [4.69, 9.17) is 10.5 Å². The first-order chi connectivity index (χ1) is 9.32. The lowest BCUT2D eigenvalue weighted by Crippen LogP contribution is -2.38. The third-order valence-electron chi connectivity index (χ3n) is 2.92. The van der Waals surface area contributed by atoms with Gasteiger partial charge in [0.1, 0.15) is 5.60 Å². The molecule has 0 spiro atoms. The number of nitrogens with zero attached hydrogens (tertiary/aromatic N) is 2. The van der Waals surface area contributed by atoms with Crippen LogP contribution in [0.4, 0.5) is 15.1 Å². The van der Waals surface area contributed by atoms with Crippen molar-refractivity contribution < 1.29 is 9.53 Å². The van der Waals surface area contributed by atoms with Crippen LogP contribution in [0.25, 0.3) is 0 Å². The molecule has 1 heterocycles. The summed E-state index contributed by atoms with van der Waals surface area (Å²) in [5.41, 5.74) is 5.07. The van der Waals surface area contributed by atoms with Crippen molar-refractivity contribution in [2.75, 3.05) is 11.1 Å². The van der Waals surface area contributed by atoms with Crippen molar-refractivity contribution in [3.63, 3.8) is 0 Å². The van der Waals surface area contributed by atoms with E-state index in [9.17, 15) is 4.79 Å². The zero-order valence-corrected chi connectivity index (χ0v) is 12.8. The molecule has 4 N–H and O–H groups in total. The van der Waals surface area contributed by atoms with Crippen molar-refractivity contribution in [3.05, 3.63) is 0 Å². The number of alkyl carbamates (subject to hydrolysis) is 1. The van der Waals surface area contributed by atoms with Gasteiger partial charge in [0.2, 0.25) is 10.3 Å². The average Bonchev–Trinajstić information content (AvgIpc) is 2.86. The molecule has 2 rings (SSSR count). The average molecular weight is 299 g/mol. The molecule has 1 amide bonds. The Kier molecular flexibility index (Phi) is 4.32. The first-order valence-corrected chi connectivity index (χ1v) is 7.48. The lowest BCUT2D eigenvalue weighted by molar-refractivity contribution is 0.0505. The zero-order valence-electron chi connectivity index (χ0n) is 12.0. The molecule has 1 saturated carbocycles. The normalized spacial score (nSPS) is 22.6. The summed E-state index contributed by atoms with van der Waals surface area (Å²) in [4.78, 5) is 11.7. The van der Waals surface area contributed by atoms with Crippen molar-refractivity contribution in [1.82, 2.24) is 15.5 Å². The Bertz CT molecular complexity index is 471. The smallest absolute Gasteiger partial charge is 0.407 e. The van der Waals surface area contributed by atoms with Gasteiger partial charge in [0.05, 0.1) is 0 Å². The molecule has 0 aromatic carbocycles. The van der Waals surface area contributed by atoms with Gasteiger partial charge >= 0.3 is 6.09 Å². The molecule has 2 atom stereocenters. The molecule has 1 fully saturated rings. The van der Waals surface area contributed by atoms with E-state index < -0.39 is 5.60 Å². The Morgan fingerprint density at radius 1 is 1.35 bits per heavy atom. The highest BCUT2D eigenvalue weighted by Gasteiger charge is 2.28. The van der Waals surface area contributed by atoms with E-state index in [0.29, 0.717) is 5.13 Å². The van der Waals surface area contributed by atoms with E-state index in [1.807, 2.05) is 20.8 Å². The lowest BCUT2D eigenvalue weighted by atomic mass is 10.2. The van der Waals surface area contributed by atoms with Crippen molar-refractivity contribution in [2.24, 2.45) is 0 Å². The predicted molar refractivity (Wildman–Crippen MR) is 78.7 cm³/mol. The standard InChI is InChI=1S/C12H21N5O2S/c1-12(2,3)19-11(18)15-8-5-4-7(6-8)14-10-17-16-9(13)20-10/h7-8H,4-6H2,1-3H3,(H2,13,16)(H,14,17)(H,15,18)/t7?,8-/m1/s1. The topological polar surface area (TPSA) is 102 Å². The van der Waals surface area contributed by atoms with E-state index in [1.165, 1.54) is 11.3 Å².